The summed E-state index contributed by atoms with van der Waals surface area (Å²) in [6.07, 6.45) is -3.41. The molecule has 1 aromatic carbocycles. The molecule has 2 saturated heterocycles. The first-order valence-corrected chi connectivity index (χ1v) is 12.7. The van der Waals surface area contributed by atoms with Crippen LogP contribution in [0.3, 0.4) is 0 Å². The second-order valence-corrected chi connectivity index (χ2v) is 9.37. The number of rotatable bonds is 10. The number of nitrogens with one attached hydrogen (secondary N) is 2. The van der Waals surface area contributed by atoms with Crippen LogP contribution in [0.1, 0.15) is 10.4 Å². The van der Waals surface area contributed by atoms with Crippen LogP contribution in [0.4, 0.5) is 38.1 Å². The number of nitrogens with zero attached hydrogens (tertiary/aromatic N) is 4. The van der Waals surface area contributed by atoms with E-state index in [0.717, 1.165) is 17.0 Å². The van der Waals surface area contributed by atoms with Gasteiger partial charge in [0.15, 0.2) is 24.1 Å². The Morgan fingerprint density at radius 3 is 2.43 bits per heavy atom. The van der Waals surface area contributed by atoms with Crippen LogP contribution < -0.4 is 20.4 Å². The van der Waals surface area contributed by atoms with Gasteiger partial charge < -0.3 is 29.9 Å². The SMILES string of the molecule is C=C(NC[C@H]1CN(c2cc(F)c(N3CCN(C(=O)CNC(=O)c4cccnc4)CC3)c(F)c2)C(=O)O1)OCC(F)(F)F. The summed E-state index contributed by atoms with van der Waals surface area (Å²) in [6.45, 7) is 1.80. The number of halogens is 5. The molecular formula is C26H27F5N6O5. The number of piperazine rings is 1. The maximum Gasteiger partial charge on any atom is 0.422 e. The van der Waals surface area contributed by atoms with Gasteiger partial charge in [0, 0.05) is 50.7 Å². The zero-order valence-electron chi connectivity index (χ0n) is 22.1. The molecule has 2 fully saturated rings. The summed E-state index contributed by atoms with van der Waals surface area (Å²) in [5, 5.41) is 4.99. The summed E-state index contributed by atoms with van der Waals surface area (Å²) in [4.78, 5) is 44.7. The number of hydrogen-bond acceptors (Lipinski definition) is 8. The Labute approximate surface area is 236 Å². The minimum Gasteiger partial charge on any atom is -0.470 e. The van der Waals surface area contributed by atoms with Crippen LogP contribution in [-0.2, 0) is 14.3 Å². The van der Waals surface area contributed by atoms with E-state index < -0.39 is 42.5 Å². The fraction of sp³-hybridized carbons (Fsp3) is 0.385. The van der Waals surface area contributed by atoms with Gasteiger partial charge in [-0.15, -0.1) is 0 Å². The molecule has 0 unspecified atom stereocenters. The summed E-state index contributed by atoms with van der Waals surface area (Å²) in [7, 11) is 0. The minimum absolute atomic E-state index is 0.105. The number of alkyl halides is 3. The van der Waals surface area contributed by atoms with Crippen molar-refractivity contribution < 1.29 is 45.8 Å². The van der Waals surface area contributed by atoms with E-state index in [1.807, 2.05) is 0 Å². The van der Waals surface area contributed by atoms with Crippen molar-refractivity contribution in [3.63, 3.8) is 0 Å². The highest BCUT2D eigenvalue weighted by Crippen LogP contribution is 2.31. The molecular weight excluding hydrogens is 571 g/mol. The van der Waals surface area contributed by atoms with Crippen molar-refractivity contribution >= 4 is 29.3 Å². The van der Waals surface area contributed by atoms with Gasteiger partial charge in [-0.2, -0.15) is 13.2 Å². The monoisotopic (exact) mass is 598 g/mol. The number of hydrogen-bond donors (Lipinski definition) is 2. The van der Waals surface area contributed by atoms with Gasteiger partial charge in [0.1, 0.15) is 11.8 Å². The van der Waals surface area contributed by atoms with Crippen LogP contribution in [0.5, 0.6) is 0 Å². The van der Waals surface area contributed by atoms with E-state index in [9.17, 15) is 27.6 Å². The van der Waals surface area contributed by atoms with E-state index in [4.69, 9.17) is 4.74 Å². The third-order valence-corrected chi connectivity index (χ3v) is 6.40. The standard InChI is InChI=1S/C26H27F5N6O5/c1-16(41-15-26(29,30)31)33-12-19-14-37(25(40)42-19)18-9-20(27)23(21(28)10-18)36-7-5-35(6-8-36)22(38)13-34-24(39)17-3-2-4-32-11-17/h2-4,9-11,19,33H,1,5-8,12-15H2,(H,34,39)/t19-/m0/s1. The number of aromatic nitrogens is 1. The highest BCUT2D eigenvalue weighted by Gasteiger charge is 2.35. The molecule has 2 aliphatic heterocycles. The van der Waals surface area contributed by atoms with Crippen molar-refractivity contribution in [2.75, 3.05) is 62.2 Å². The Kier molecular flexibility index (Phi) is 9.32. The number of carbonyl (C=O) groups is 3. The van der Waals surface area contributed by atoms with Crippen molar-refractivity contribution in [1.82, 2.24) is 20.5 Å². The normalized spacial score (nSPS) is 17.1. The van der Waals surface area contributed by atoms with E-state index in [1.165, 1.54) is 22.2 Å². The van der Waals surface area contributed by atoms with Crippen LogP contribution in [0.25, 0.3) is 0 Å². The molecule has 16 heteroatoms. The predicted molar refractivity (Wildman–Crippen MR) is 138 cm³/mol. The quantitative estimate of drug-likeness (QED) is 0.317. The van der Waals surface area contributed by atoms with Crippen molar-refractivity contribution in [1.29, 1.82) is 0 Å². The lowest BCUT2D eigenvalue weighted by molar-refractivity contribution is -0.166. The second kappa shape index (κ2) is 12.9. The lowest BCUT2D eigenvalue weighted by Crippen LogP contribution is -2.51. The van der Waals surface area contributed by atoms with Crippen molar-refractivity contribution in [3.05, 3.63) is 66.3 Å². The molecule has 0 radical (unpaired) electrons. The number of pyridine rings is 1. The van der Waals surface area contributed by atoms with Crippen molar-refractivity contribution in [2.45, 2.75) is 12.3 Å². The molecule has 226 valence electrons. The molecule has 42 heavy (non-hydrogen) atoms. The third kappa shape index (κ3) is 7.76. The van der Waals surface area contributed by atoms with Crippen molar-refractivity contribution in [2.24, 2.45) is 0 Å². The number of cyclic esters (lactones) is 1. The zero-order valence-corrected chi connectivity index (χ0v) is 22.1. The third-order valence-electron chi connectivity index (χ3n) is 6.40. The molecule has 3 amide bonds. The van der Waals surface area contributed by atoms with Gasteiger partial charge in [-0.05, 0) is 18.7 Å². The molecule has 0 aliphatic carbocycles. The number of carbonyl (C=O) groups excluding carboxylic acids is 3. The van der Waals surface area contributed by atoms with Gasteiger partial charge in [0.2, 0.25) is 5.91 Å². The van der Waals surface area contributed by atoms with Crippen molar-refractivity contribution in [3.8, 4) is 0 Å². The maximum atomic E-state index is 15.1. The smallest absolute Gasteiger partial charge is 0.422 e. The molecule has 2 N–H and O–H groups in total. The Morgan fingerprint density at radius 1 is 1.12 bits per heavy atom. The first-order valence-electron chi connectivity index (χ1n) is 12.7. The summed E-state index contributed by atoms with van der Waals surface area (Å²) < 4.78 is 76.5. The van der Waals surface area contributed by atoms with E-state index in [2.05, 4.69) is 26.9 Å². The topological polar surface area (TPSA) is 116 Å². The molecule has 3 heterocycles. The van der Waals surface area contributed by atoms with E-state index in [1.54, 1.807) is 12.1 Å². The Hall–Kier alpha value is -4.63. The number of amides is 3. The highest BCUT2D eigenvalue weighted by molar-refractivity contribution is 5.96. The van der Waals surface area contributed by atoms with Crippen LogP contribution in [0.2, 0.25) is 0 Å². The second-order valence-electron chi connectivity index (χ2n) is 9.37. The molecule has 0 bridgehead atoms. The number of benzene rings is 1. The molecule has 0 spiro atoms. The van der Waals surface area contributed by atoms with Crippen LogP contribution in [0.15, 0.2) is 49.1 Å². The fourth-order valence-electron chi connectivity index (χ4n) is 4.34. The first kappa shape index (κ1) is 30.3. The van der Waals surface area contributed by atoms with Crippen LogP contribution in [0, 0.1) is 11.6 Å². The fourth-order valence-corrected chi connectivity index (χ4v) is 4.34. The predicted octanol–water partition coefficient (Wildman–Crippen LogP) is 2.40. The maximum absolute atomic E-state index is 15.1. The molecule has 1 aromatic heterocycles. The molecule has 4 rings (SSSR count). The first-order chi connectivity index (χ1) is 19.9. The van der Waals surface area contributed by atoms with Gasteiger partial charge in [0.25, 0.3) is 5.91 Å². The molecule has 11 nitrogen and oxygen atoms in total. The van der Waals surface area contributed by atoms with E-state index in [0.29, 0.717) is 5.56 Å². The Bertz CT molecular complexity index is 1300. The highest BCUT2D eigenvalue weighted by atomic mass is 19.4. The van der Waals surface area contributed by atoms with Crippen LogP contribution >= 0.6 is 0 Å². The Morgan fingerprint density at radius 2 is 1.81 bits per heavy atom. The molecule has 0 saturated carbocycles. The van der Waals surface area contributed by atoms with Gasteiger partial charge in [-0.25, -0.2) is 13.6 Å². The lowest BCUT2D eigenvalue weighted by atomic mass is 10.2. The average molecular weight is 599 g/mol. The molecule has 2 aliphatic rings. The minimum atomic E-state index is -4.55. The number of ether oxygens (including phenoxy) is 2. The zero-order chi connectivity index (χ0) is 30.4. The van der Waals surface area contributed by atoms with Crippen LogP contribution in [-0.4, -0.2) is 92.5 Å². The van der Waals surface area contributed by atoms with Gasteiger partial charge in [-0.1, -0.05) is 0 Å². The van der Waals surface area contributed by atoms with E-state index in [-0.39, 0.29) is 69.0 Å². The van der Waals surface area contributed by atoms with Gasteiger partial charge in [-0.3, -0.25) is 19.5 Å². The average Bonchev–Trinajstić information content (AvgIpc) is 3.33. The van der Waals surface area contributed by atoms with E-state index >= 15 is 8.78 Å². The number of anilines is 2. The summed E-state index contributed by atoms with van der Waals surface area (Å²) in [5.74, 6) is -3.05. The summed E-state index contributed by atoms with van der Waals surface area (Å²) >= 11 is 0. The van der Waals surface area contributed by atoms with Gasteiger partial charge in [0.05, 0.1) is 30.9 Å². The summed E-state index contributed by atoms with van der Waals surface area (Å²) in [5.41, 5.74) is -0.120. The lowest BCUT2D eigenvalue weighted by Gasteiger charge is -2.36. The summed E-state index contributed by atoms with van der Waals surface area (Å²) in [6, 6.07) is 5.11. The largest absolute Gasteiger partial charge is 0.470 e. The molecule has 2 aromatic rings. The van der Waals surface area contributed by atoms with Gasteiger partial charge >= 0.3 is 12.3 Å². The molecule has 1 atom stereocenters. The Balaban J connectivity index is 1.28.